The van der Waals surface area contributed by atoms with Crippen molar-refractivity contribution in [3.8, 4) is 0 Å². The van der Waals surface area contributed by atoms with Crippen LogP contribution in [0.4, 0.5) is 0 Å². The molecule has 8 aromatic rings. The summed E-state index contributed by atoms with van der Waals surface area (Å²) < 4.78 is 21.6. The molecule has 0 spiro atoms. The Morgan fingerprint density at radius 2 is 0.491 bits per heavy atom. The van der Waals surface area contributed by atoms with Gasteiger partial charge in [-0.3, -0.25) is 4.57 Å². The third-order valence-corrected chi connectivity index (χ3v) is 22.2. The van der Waals surface area contributed by atoms with E-state index in [1.807, 2.05) is 48.5 Å². The number of hydrogen-bond donors (Lipinski definition) is 1. The van der Waals surface area contributed by atoms with Crippen molar-refractivity contribution >= 4 is 28.1 Å². The van der Waals surface area contributed by atoms with E-state index < -0.39 is 40.2 Å². The van der Waals surface area contributed by atoms with E-state index in [2.05, 4.69) is 202 Å². The summed E-state index contributed by atoms with van der Waals surface area (Å²) in [5.74, 6) is 0. The molecule has 1 saturated heterocycles. The Bertz CT molecular complexity index is 2200. The van der Waals surface area contributed by atoms with Gasteiger partial charge in [-0.1, -0.05) is 190 Å². The molecule has 0 radical (unpaired) electrons. The van der Waals surface area contributed by atoms with Gasteiger partial charge in [0.15, 0.2) is 0 Å². The fourth-order valence-electron chi connectivity index (χ4n) is 8.40. The van der Waals surface area contributed by atoms with Crippen molar-refractivity contribution in [2.75, 3.05) is 0 Å². The Hall–Kier alpha value is -5.43. The molecule has 2 atom stereocenters. The second kappa shape index (κ2) is 15.8. The minimum absolute atomic E-state index is 0.594. The first-order valence-electron chi connectivity index (χ1n) is 19.1. The molecule has 1 aliphatic rings. The van der Waals surface area contributed by atoms with Crippen molar-refractivity contribution in [1.29, 1.82) is 0 Å². The third kappa shape index (κ3) is 6.21. The van der Waals surface area contributed by atoms with Crippen LogP contribution >= 0.6 is 28.1 Å². The Balaban J connectivity index is 1.51. The maximum atomic E-state index is 17.4. The van der Waals surface area contributed by atoms with Gasteiger partial charge in [0, 0.05) is 29.4 Å². The van der Waals surface area contributed by atoms with Gasteiger partial charge in [0.05, 0.1) is 12.1 Å². The Kier molecular flexibility index (Phi) is 10.3. The number of hydrogen-bond acceptors (Lipinski definition) is 1. The minimum Gasteiger partial charge on any atom is -0.320 e. The number of rotatable bonds is 10. The van der Waals surface area contributed by atoms with Crippen LogP contribution in [0.2, 0.25) is 0 Å². The molecule has 0 saturated carbocycles. The van der Waals surface area contributed by atoms with Gasteiger partial charge in [-0.05, 0) is 83.9 Å². The molecule has 0 aromatic heterocycles. The van der Waals surface area contributed by atoms with Crippen LogP contribution in [0.25, 0.3) is 0 Å². The fraction of sp³-hybridized carbons (Fsp3) is 0.0400. The highest BCUT2D eigenvalue weighted by Crippen LogP contribution is 2.91. The molecule has 0 aliphatic carbocycles. The molecular formula is C50H43N2O2PS2. The summed E-state index contributed by atoms with van der Waals surface area (Å²) in [5.41, 5.74) is 1.93. The predicted octanol–water partition coefficient (Wildman–Crippen LogP) is 14.0. The van der Waals surface area contributed by atoms with E-state index in [4.69, 9.17) is 0 Å². The number of benzene rings is 8. The Labute approximate surface area is 339 Å². The lowest BCUT2D eigenvalue weighted by Crippen LogP contribution is -2.28. The molecule has 0 bridgehead atoms. The number of nitrogens with zero attached hydrogens (tertiary/aromatic N) is 2. The van der Waals surface area contributed by atoms with Crippen molar-refractivity contribution in [1.82, 2.24) is 8.15 Å². The highest BCUT2D eigenvalue weighted by atomic mass is 32.3. The largest absolute Gasteiger partial charge is 0.362 e. The summed E-state index contributed by atoms with van der Waals surface area (Å²) in [6.45, 7) is 0. The first-order chi connectivity index (χ1) is 28.1. The fourth-order valence-corrected chi connectivity index (χ4v) is 22.0. The molecular weight excluding hydrogens is 756 g/mol. The topological polar surface area (TPSA) is 43.8 Å². The highest BCUT2D eigenvalue weighted by molar-refractivity contribution is 8.36. The second-order valence-electron chi connectivity index (χ2n) is 13.9. The van der Waals surface area contributed by atoms with Crippen molar-refractivity contribution in [2.45, 2.75) is 41.5 Å². The van der Waals surface area contributed by atoms with Crippen LogP contribution in [0, 0.1) is 0 Å². The molecule has 7 heteroatoms. The van der Waals surface area contributed by atoms with E-state index in [0.717, 1.165) is 40.5 Å². The minimum atomic E-state index is -4.70. The van der Waals surface area contributed by atoms with Crippen LogP contribution in [0.5, 0.6) is 0 Å². The molecule has 1 heterocycles. The lowest BCUT2D eigenvalue weighted by atomic mass is 9.95. The van der Waals surface area contributed by atoms with Crippen molar-refractivity contribution < 1.29 is 9.46 Å². The zero-order valence-electron chi connectivity index (χ0n) is 31.3. The molecule has 282 valence electrons. The van der Waals surface area contributed by atoms with Gasteiger partial charge < -0.3 is 4.89 Å². The molecule has 1 N–H and O–H groups in total. The predicted molar refractivity (Wildman–Crippen MR) is 235 cm³/mol. The standard InChI is InChI=1S/C50H43N2O2PS2/c53-55(54)51(56(43-29-13-3-14-30-43,44-31-15-4-16-32-44)45-33-17-5-18-34-45)49(41-25-9-1-10-26-41)50(42-27-11-2-12-28-42)52(55)57(46-35-19-6-20-36-46,47-37-21-7-22-38-47)48-39-23-8-24-40-48/h1-40,49-50H,(H,53,54)/t49-,50-/m1/s1. The quantitative estimate of drug-likeness (QED) is 0.140. The van der Waals surface area contributed by atoms with E-state index in [1.54, 1.807) is 0 Å². The highest BCUT2D eigenvalue weighted by Gasteiger charge is 2.67. The van der Waals surface area contributed by atoms with Gasteiger partial charge in [-0.15, -0.1) is 0 Å². The van der Waals surface area contributed by atoms with E-state index in [0.29, 0.717) is 0 Å². The first-order valence-corrected chi connectivity index (χ1v) is 23.8. The maximum Gasteiger partial charge on any atom is 0.362 e. The van der Waals surface area contributed by atoms with Gasteiger partial charge in [0.1, 0.15) is 0 Å². The lowest BCUT2D eigenvalue weighted by molar-refractivity contribution is 0.403. The zero-order valence-corrected chi connectivity index (χ0v) is 33.8. The summed E-state index contributed by atoms with van der Waals surface area (Å²) >= 11 is 0. The van der Waals surface area contributed by atoms with Gasteiger partial charge >= 0.3 is 7.67 Å². The summed E-state index contributed by atoms with van der Waals surface area (Å²) in [6.07, 6.45) is 0. The Morgan fingerprint density at radius 3 is 0.684 bits per heavy atom. The molecule has 8 aromatic carbocycles. The molecule has 1 aliphatic heterocycles. The SMILES string of the molecule is O=P1(O)N(S(c2ccccc2)(c2ccccc2)c2ccccc2)[C@H](c2ccccc2)[C@@H](c2ccccc2)N1S(c1ccccc1)(c1ccccc1)c1ccccc1. The Morgan fingerprint density at radius 1 is 0.316 bits per heavy atom. The molecule has 0 unspecified atom stereocenters. The van der Waals surface area contributed by atoms with Crippen LogP contribution in [0.15, 0.2) is 272 Å². The molecule has 0 amide bonds. The van der Waals surface area contributed by atoms with Gasteiger partial charge in [0.2, 0.25) is 0 Å². The van der Waals surface area contributed by atoms with Crippen LogP contribution in [-0.2, 0) is 4.57 Å². The molecule has 9 rings (SSSR count). The molecule has 57 heavy (non-hydrogen) atoms. The lowest BCUT2D eigenvalue weighted by Gasteiger charge is -2.53. The average Bonchev–Trinajstić information content (AvgIpc) is 3.54. The van der Waals surface area contributed by atoms with Crippen LogP contribution < -0.4 is 0 Å². The average molecular weight is 799 g/mol. The van der Waals surface area contributed by atoms with E-state index in [9.17, 15) is 4.89 Å². The van der Waals surface area contributed by atoms with Crippen molar-refractivity contribution in [2.24, 2.45) is 0 Å². The zero-order chi connectivity index (χ0) is 38.7. The van der Waals surface area contributed by atoms with Gasteiger partial charge in [-0.25, -0.2) is 0 Å². The van der Waals surface area contributed by atoms with Crippen molar-refractivity contribution in [3.05, 3.63) is 254 Å². The van der Waals surface area contributed by atoms with Crippen LogP contribution in [-0.4, -0.2) is 13.0 Å². The smallest absolute Gasteiger partial charge is 0.320 e. The van der Waals surface area contributed by atoms with E-state index >= 15 is 4.57 Å². The van der Waals surface area contributed by atoms with E-state index in [1.165, 1.54) is 0 Å². The van der Waals surface area contributed by atoms with Gasteiger partial charge in [0.25, 0.3) is 0 Å². The summed E-state index contributed by atoms with van der Waals surface area (Å²) in [6, 6.07) is 82.1. The second-order valence-corrected chi connectivity index (χ2v) is 22.2. The summed E-state index contributed by atoms with van der Waals surface area (Å²) in [5, 5.41) is 0. The van der Waals surface area contributed by atoms with Crippen LogP contribution in [0.3, 0.4) is 0 Å². The summed E-state index contributed by atoms with van der Waals surface area (Å²) in [7, 11) is -10.1. The normalized spacial score (nSPS) is 17.8. The van der Waals surface area contributed by atoms with E-state index in [-0.39, 0.29) is 0 Å². The van der Waals surface area contributed by atoms with Crippen LogP contribution in [0.1, 0.15) is 23.2 Å². The monoisotopic (exact) mass is 798 g/mol. The third-order valence-electron chi connectivity index (χ3n) is 10.6. The first kappa shape index (κ1) is 37.2. The van der Waals surface area contributed by atoms with Gasteiger partial charge in [-0.2, -0.15) is 8.15 Å². The molecule has 1 fully saturated rings. The summed E-state index contributed by atoms with van der Waals surface area (Å²) in [4.78, 5) is 20.1. The van der Waals surface area contributed by atoms with Crippen molar-refractivity contribution in [3.63, 3.8) is 0 Å². The maximum absolute atomic E-state index is 17.4. The molecule has 4 nitrogen and oxygen atoms in total.